The number of para-hydroxylation sites is 1. The van der Waals surface area contributed by atoms with Gasteiger partial charge in [-0.3, -0.25) is 10.1 Å². The van der Waals surface area contributed by atoms with E-state index >= 15 is 0 Å². The Labute approximate surface area is 119 Å². The van der Waals surface area contributed by atoms with Crippen LogP contribution in [-0.4, -0.2) is 30.6 Å². The number of hydrogen-bond acceptors (Lipinski definition) is 8. The summed E-state index contributed by atoms with van der Waals surface area (Å²) in [5.41, 5.74) is -0.492. The molecule has 1 heterocycles. The first-order valence-electron chi connectivity index (χ1n) is 5.63. The van der Waals surface area contributed by atoms with Gasteiger partial charge in [-0.25, -0.2) is 13.1 Å². The third-order valence-corrected chi connectivity index (χ3v) is 3.84. The first-order valence-corrected chi connectivity index (χ1v) is 7.11. The number of nitro groups is 1. The fourth-order valence-corrected chi connectivity index (χ4v) is 2.76. The van der Waals surface area contributed by atoms with Crippen LogP contribution in [0.5, 0.6) is 0 Å². The van der Waals surface area contributed by atoms with E-state index in [2.05, 4.69) is 15.5 Å². The van der Waals surface area contributed by atoms with Crippen molar-refractivity contribution in [1.82, 2.24) is 10.2 Å². The third-order valence-electron chi connectivity index (χ3n) is 2.49. The lowest BCUT2D eigenvalue weighted by molar-refractivity contribution is -0.386. The van der Waals surface area contributed by atoms with Gasteiger partial charge in [-0.1, -0.05) is 11.2 Å². The van der Waals surface area contributed by atoms with E-state index in [-0.39, 0.29) is 17.6 Å². The van der Waals surface area contributed by atoms with Gasteiger partial charge in [0.1, 0.15) is 5.69 Å². The van der Waals surface area contributed by atoms with Gasteiger partial charge in [0.15, 0.2) is 4.90 Å². The molecular weight excluding hydrogens is 302 g/mol. The Balaban J connectivity index is 2.52. The van der Waals surface area contributed by atoms with Crippen molar-refractivity contribution in [2.75, 3.05) is 17.1 Å². The molecule has 2 aromatic rings. The minimum Gasteiger partial charge on any atom is -0.408 e. The molecule has 0 aliphatic carbocycles. The maximum absolute atomic E-state index is 12.2. The molecule has 0 atom stereocenters. The van der Waals surface area contributed by atoms with Gasteiger partial charge in [-0.05, 0) is 12.1 Å². The minimum absolute atomic E-state index is 0.0737. The van der Waals surface area contributed by atoms with Gasteiger partial charge >= 0.3 is 11.7 Å². The van der Waals surface area contributed by atoms with Crippen LogP contribution in [0.2, 0.25) is 0 Å². The summed E-state index contributed by atoms with van der Waals surface area (Å²) in [4.78, 5) is 9.84. The summed E-state index contributed by atoms with van der Waals surface area (Å²) < 4.78 is 31.4. The Hall–Kier alpha value is -2.69. The highest BCUT2D eigenvalue weighted by Gasteiger charge is 2.29. The zero-order valence-corrected chi connectivity index (χ0v) is 11.8. The molecule has 10 nitrogen and oxygen atoms in total. The van der Waals surface area contributed by atoms with E-state index in [1.54, 1.807) is 0 Å². The van der Waals surface area contributed by atoms with Gasteiger partial charge in [-0.15, -0.1) is 5.10 Å². The molecule has 11 heteroatoms. The van der Waals surface area contributed by atoms with Crippen molar-refractivity contribution in [3.05, 3.63) is 34.2 Å². The van der Waals surface area contributed by atoms with Gasteiger partial charge in [0.2, 0.25) is 5.89 Å². The molecule has 0 radical (unpaired) electrons. The normalized spacial score (nSPS) is 11.1. The van der Waals surface area contributed by atoms with E-state index in [0.29, 0.717) is 0 Å². The van der Waals surface area contributed by atoms with E-state index in [9.17, 15) is 18.5 Å². The lowest BCUT2D eigenvalue weighted by Gasteiger charge is -2.08. The molecule has 0 saturated heterocycles. The molecule has 0 spiro atoms. The summed E-state index contributed by atoms with van der Waals surface area (Å²) in [7, 11) is -2.78. The van der Waals surface area contributed by atoms with Crippen molar-refractivity contribution in [2.45, 2.75) is 11.8 Å². The second-order valence-electron chi connectivity index (χ2n) is 3.89. The zero-order valence-electron chi connectivity index (χ0n) is 11.0. The van der Waals surface area contributed by atoms with Crippen molar-refractivity contribution in [3.63, 3.8) is 0 Å². The van der Waals surface area contributed by atoms with Crippen LogP contribution in [0.3, 0.4) is 0 Å². The first kappa shape index (κ1) is 14.7. The van der Waals surface area contributed by atoms with Crippen LogP contribution in [-0.2, 0) is 10.0 Å². The second kappa shape index (κ2) is 5.36. The van der Waals surface area contributed by atoms with Crippen molar-refractivity contribution in [1.29, 1.82) is 0 Å². The largest absolute Gasteiger partial charge is 0.408 e. The number of aromatic nitrogens is 2. The number of anilines is 2. The van der Waals surface area contributed by atoms with Crippen molar-refractivity contribution < 1.29 is 17.8 Å². The molecule has 0 saturated carbocycles. The van der Waals surface area contributed by atoms with Crippen molar-refractivity contribution in [2.24, 2.45) is 0 Å². The monoisotopic (exact) mass is 313 g/mol. The number of aryl methyl sites for hydroxylation is 1. The number of hydrogen-bond donors (Lipinski definition) is 2. The Bertz CT molecular complexity index is 785. The van der Waals surface area contributed by atoms with Gasteiger partial charge in [-0.2, -0.15) is 0 Å². The summed E-state index contributed by atoms with van der Waals surface area (Å²) in [6.45, 7) is 1.48. The molecule has 0 bridgehead atoms. The highest BCUT2D eigenvalue weighted by atomic mass is 32.2. The summed E-state index contributed by atoms with van der Waals surface area (Å²) in [6.07, 6.45) is 0. The van der Waals surface area contributed by atoms with Crippen LogP contribution < -0.4 is 10.0 Å². The summed E-state index contributed by atoms with van der Waals surface area (Å²) >= 11 is 0. The van der Waals surface area contributed by atoms with Crippen LogP contribution in [0, 0.1) is 17.0 Å². The summed E-state index contributed by atoms with van der Waals surface area (Å²) in [5, 5.41) is 20.6. The molecular formula is C10H11N5O5S. The predicted molar refractivity (Wildman–Crippen MR) is 72.5 cm³/mol. The Morgan fingerprint density at radius 1 is 1.33 bits per heavy atom. The van der Waals surface area contributed by atoms with Crippen LogP contribution in [0.1, 0.15) is 5.89 Å². The lowest BCUT2D eigenvalue weighted by atomic mass is 10.3. The van der Waals surface area contributed by atoms with Crippen LogP contribution >= 0.6 is 0 Å². The average molecular weight is 313 g/mol. The number of rotatable bonds is 5. The molecule has 1 aromatic carbocycles. The van der Waals surface area contributed by atoms with Crippen LogP contribution in [0.25, 0.3) is 0 Å². The van der Waals surface area contributed by atoms with Gasteiger partial charge < -0.3 is 9.73 Å². The summed E-state index contributed by atoms with van der Waals surface area (Å²) in [5.74, 6) is 0.158. The Morgan fingerprint density at radius 3 is 2.57 bits per heavy atom. The molecule has 1 aromatic heterocycles. The van der Waals surface area contributed by atoms with Crippen molar-refractivity contribution in [3.8, 4) is 0 Å². The van der Waals surface area contributed by atoms with Gasteiger partial charge in [0.25, 0.3) is 10.0 Å². The number of sulfonamides is 1. The van der Waals surface area contributed by atoms with E-state index in [4.69, 9.17) is 4.42 Å². The Morgan fingerprint density at radius 2 is 2.05 bits per heavy atom. The smallest absolute Gasteiger partial charge is 0.329 e. The van der Waals surface area contributed by atoms with Crippen molar-refractivity contribution >= 4 is 27.4 Å². The standard InChI is InChI=1S/C10H11N5O5S/c1-6-12-13-10(20-6)14-21(18,19)8-5-3-4-7(11-2)9(8)15(16)17/h3-5,11H,1-2H3,(H,13,14). The highest BCUT2D eigenvalue weighted by molar-refractivity contribution is 7.92. The Kier molecular flexibility index (Phi) is 3.76. The topological polar surface area (TPSA) is 140 Å². The fraction of sp³-hybridized carbons (Fsp3) is 0.200. The van der Waals surface area contributed by atoms with Gasteiger partial charge in [0, 0.05) is 14.0 Å². The molecule has 21 heavy (non-hydrogen) atoms. The van der Waals surface area contributed by atoms with E-state index in [0.717, 1.165) is 6.07 Å². The van der Waals surface area contributed by atoms with Gasteiger partial charge in [0.05, 0.1) is 4.92 Å². The number of nitro benzene ring substituents is 1. The molecule has 0 aliphatic rings. The molecule has 0 amide bonds. The average Bonchev–Trinajstić information content (AvgIpc) is 2.82. The summed E-state index contributed by atoms with van der Waals surface area (Å²) in [6, 6.07) is 3.53. The molecule has 0 aliphatic heterocycles. The molecule has 112 valence electrons. The number of nitrogens with zero attached hydrogens (tertiary/aromatic N) is 3. The van der Waals surface area contributed by atoms with E-state index in [1.807, 2.05) is 4.72 Å². The SMILES string of the molecule is CNc1cccc(S(=O)(=O)Nc2nnc(C)o2)c1[N+](=O)[O-]. The quantitative estimate of drug-likeness (QED) is 0.618. The van der Waals surface area contributed by atoms with Crippen LogP contribution in [0.4, 0.5) is 17.4 Å². The third kappa shape index (κ3) is 2.91. The predicted octanol–water partition coefficient (Wildman–Crippen LogP) is 1.13. The molecule has 0 fully saturated rings. The van der Waals surface area contributed by atoms with Crippen LogP contribution in [0.15, 0.2) is 27.5 Å². The first-order chi connectivity index (χ1) is 9.85. The lowest BCUT2D eigenvalue weighted by Crippen LogP contribution is -2.15. The van der Waals surface area contributed by atoms with E-state index < -0.39 is 25.5 Å². The molecule has 0 unspecified atom stereocenters. The maximum Gasteiger partial charge on any atom is 0.329 e. The second-order valence-corrected chi connectivity index (χ2v) is 5.54. The van der Waals surface area contributed by atoms with E-state index in [1.165, 1.54) is 26.1 Å². The number of nitrogens with one attached hydrogen (secondary N) is 2. The fourth-order valence-electron chi connectivity index (χ4n) is 1.64. The molecule has 2 rings (SSSR count). The molecule has 2 N–H and O–H groups in total. The number of benzene rings is 1. The zero-order chi connectivity index (χ0) is 15.6. The highest BCUT2D eigenvalue weighted by Crippen LogP contribution is 2.32. The maximum atomic E-state index is 12.2. The minimum atomic E-state index is -4.24.